The Balaban J connectivity index is 1.64. The third-order valence-electron chi connectivity index (χ3n) is 4.89. The topological polar surface area (TPSA) is 62.7 Å². The second-order valence-corrected chi connectivity index (χ2v) is 7.13. The third kappa shape index (κ3) is 4.62. The van der Waals surface area contributed by atoms with Crippen LogP contribution in [0.2, 0.25) is 0 Å². The van der Waals surface area contributed by atoms with Gasteiger partial charge in [0.05, 0.1) is 11.5 Å². The fraction of sp³-hybridized carbons (Fsp3) is 0.400. The number of rotatable bonds is 6. The highest BCUT2D eigenvalue weighted by molar-refractivity contribution is 5.71. The molecule has 0 spiro atoms. The number of ether oxygens (including phenoxy) is 1. The van der Waals surface area contributed by atoms with E-state index in [2.05, 4.69) is 9.88 Å². The quantitative estimate of drug-likeness (QED) is 0.807. The van der Waals surface area contributed by atoms with Crippen LogP contribution in [0.3, 0.4) is 0 Å². The van der Waals surface area contributed by atoms with Gasteiger partial charge in [-0.1, -0.05) is 0 Å². The molecule has 2 heterocycles. The van der Waals surface area contributed by atoms with Crippen LogP contribution in [-0.2, 0) is 24.1 Å². The summed E-state index contributed by atoms with van der Waals surface area (Å²) in [7, 11) is 0. The molecule has 1 saturated heterocycles. The van der Waals surface area contributed by atoms with E-state index in [0.29, 0.717) is 30.9 Å². The van der Waals surface area contributed by atoms with E-state index >= 15 is 0 Å². The summed E-state index contributed by atoms with van der Waals surface area (Å²) < 4.78 is 44.0. The van der Waals surface area contributed by atoms with Crippen LogP contribution in [0.15, 0.2) is 30.6 Å². The van der Waals surface area contributed by atoms with Gasteiger partial charge in [-0.05, 0) is 48.7 Å². The molecular weight excluding hydrogens is 373 g/mol. The minimum absolute atomic E-state index is 0.0123. The zero-order valence-electron chi connectivity index (χ0n) is 15.6. The van der Waals surface area contributed by atoms with Crippen molar-refractivity contribution in [2.24, 2.45) is 5.92 Å². The van der Waals surface area contributed by atoms with Gasteiger partial charge in [0, 0.05) is 37.6 Å². The molecule has 0 amide bonds. The van der Waals surface area contributed by atoms with Crippen molar-refractivity contribution in [3.63, 3.8) is 0 Å². The molecule has 1 aliphatic rings. The SMILES string of the molecule is Cc1cc(OCc2cncc(C(F)(F)F)c2)cc(C)c1CN1CC(C(=O)O)C1. The van der Waals surface area contributed by atoms with Gasteiger partial charge >= 0.3 is 12.1 Å². The Bertz CT molecular complexity index is 854. The lowest BCUT2D eigenvalue weighted by Gasteiger charge is -2.37. The van der Waals surface area contributed by atoms with E-state index in [-0.39, 0.29) is 12.5 Å². The summed E-state index contributed by atoms with van der Waals surface area (Å²) in [5.41, 5.74) is 2.64. The number of pyridine rings is 1. The van der Waals surface area contributed by atoms with E-state index in [9.17, 15) is 18.0 Å². The molecule has 8 heteroatoms. The molecule has 28 heavy (non-hydrogen) atoms. The number of carbonyl (C=O) groups is 1. The van der Waals surface area contributed by atoms with Crippen LogP contribution in [0, 0.1) is 19.8 Å². The molecule has 1 aromatic heterocycles. The number of alkyl halides is 3. The molecule has 0 atom stereocenters. The van der Waals surface area contributed by atoms with Gasteiger partial charge in [0.25, 0.3) is 0 Å². The van der Waals surface area contributed by atoms with Crippen molar-refractivity contribution < 1.29 is 27.8 Å². The van der Waals surface area contributed by atoms with Crippen LogP contribution < -0.4 is 4.74 Å². The van der Waals surface area contributed by atoms with Gasteiger partial charge in [0.2, 0.25) is 0 Å². The Morgan fingerprint density at radius 1 is 1.21 bits per heavy atom. The zero-order chi connectivity index (χ0) is 20.5. The molecule has 5 nitrogen and oxygen atoms in total. The van der Waals surface area contributed by atoms with Crippen LogP contribution in [-0.4, -0.2) is 34.0 Å². The van der Waals surface area contributed by atoms with Gasteiger partial charge in [-0.15, -0.1) is 0 Å². The number of carboxylic acid groups (broad SMARTS) is 1. The Kier molecular flexibility index (Phi) is 5.60. The summed E-state index contributed by atoms with van der Waals surface area (Å²) >= 11 is 0. The average Bonchev–Trinajstić information content (AvgIpc) is 2.56. The summed E-state index contributed by atoms with van der Waals surface area (Å²) in [6, 6.07) is 4.72. The molecule has 1 aliphatic heterocycles. The van der Waals surface area contributed by atoms with Crippen molar-refractivity contribution in [1.82, 2.24) is 9.88 Å². The second kappa shape index (κ2) is 7.79. The summed E-state index contributed by atoms with van der Waals surface area (Å²) in [6.07, 6.45) is -2.29. The number of nitrogens with zero attached hydrogens (tertiary/aromatic N) is 2. The molecule has 0 saturated carbocycles. The number of aryl methyl sites for hydroxylation is 2. The Morgan fingerprint density at radius 2 is 1.86 bits per heavy atom. The van der Waals surface area contributed by atoms with Gasteiger partial charge < -0.3 is 9.84 Å². The number of aliphatic carboxylic acids is 1. The van der Waals surface area contributed by atoms with Crippen molar-refractivity contribution >= 4 is 5.97 Å². The van der Waals surface area contributed by atoms with Crippen molar-refractivity contribution in [2.75, 3.05) is 13.1 Å². The summed E-state index contributed by atoms with van der Waals surface area (Å²) in [4.78, 5) is 16.6. The van der Waals surface area contributed by atoms with Crippen molar-refractivity contribution in [2.45, 2.75) is 33.2 Å². The molecule has 1 N–H and O–H groups in total. The Morgan fingerprint density at radius 3 is 2.43 bits per heavy atom. The molecule has 0 bridgehead atoms. The van der Waals surface area contributed by atoms with E-state index in [1.807, 2.05) is 26.0 Å². The molecular formula is C20H21F3N2O3. The molecule has 0 unspecified atom stereocenters. The van der Waals surface area contributed by atoms with Gasteiger partial charge in [0.15, 0.2) is 0 Å². The fourth-order valence-electron chi connectivity index (χ4n) is 3.25. The molecule has 2 aromatic rings. The second-order valence-electron chi connectivity index (χ2n) is 7.13. The highest BCUT2D eigenvalue weighted by atomic mass is 19.4. The van der Waals surface area contributed by atoms with E-state index in [1.165, 1.54) is 6.20 Å². The first-order valence-electron chi connectivity index (χ1n) is 8.82. The lowest BCUT2D eigenvalue weighted by molar-refractivity contribution is -0.147. The lowest BCUT2D eigenvalue weighted by Crippen LogP contribution is -2.49. The predicted octanol–water partition coefficient (Wildman–Crippen LogP) is 3.81. The highest BCUT2D eigenvalue weighted by Gasteiger charge is 2.33. The molecule has 1 aromatic carbocycles. The number of carboxylic acids is 1. The lowest BCUT2D eigenvalue weighted by atomic mass is 9.96. The highest BCUT2D eigenvalue weighted by Crippen LogP contribution is 2.30. The van der Waals surface area contributed by atoms with Gasteiger partial charge in [-0.25, -0.2) is 0 Å². The van der Waals surface area contributed by atoms with E-state index < -0.39 is 17.7 Å². The standard InChI is InChI=1S/C20H21F3N2O3/c1-12-3-17(28-11-14-5-16(7-24-6-14)20(21,22)23)4-13(2)18(12)10-25-8-15(9-25)19(26)27/h3-7,15H,8-11H2,1-2H3,(H,26,27). The number of halogens is 3. The summed E-state index contributed by atoms with van der Waals surface area (Å²) in [6.45, 7) is 5.61. The van der Waals surface area contributed by atoms with Crippen LogP contribution in [0.1, 0.15) is 27.8 Å². The molecule has 0 aliphatic carbocycles. The predicted molar refractivity (Wildman–Crippen MR) is 95.9 cm³/mol. The number of hydrogen-bond acceptors (Lipinski definition) is 4. The van der Waals surface area contributed by atoms with Crippen molar-refractivity contribution in [1.29, 1.82) is 0 Å². The summed E-state index contributed by atoms with van der Waals surface area (Å²) in [5, 5.41) is 8.97. The smallest absolute Gasteiger partial charge is 0.417 e. The molecule has 3 rings (SSSR count). The van der Waals surface area contributed by atoms with Crippen molar-refractivity contribution in [3.8, 4) is 5.75 Å². The fourth-order valence-corrected chi connectivity index (χ4v) is 3.25. The maximum atomic E-state index is 12.8. The largest absolute Gasteiger partial charge is 0.489 e. The van der Waals surface area contributed by atoms with Gasteiger partial charge in [-0.3, -0.25) is 14.7 Å². The van der Waals surface area contributed by atoms with Crippen LogP contribution in [0.5, 0.6) is 5.75 Å². The van der Waals surface area contributed by atoms with E-state index in [1.54, 1.807) is 0 Å². The Labute approximate surface area is 160 Å². The van der Waals surface area contributed by atoms with Crippen LogP contribution >= 0.6 is 0 Å². The maximum Gasteiger partial charge on any atom is 0.417 e. The molecule has 0 radical (unpaired) electrons. The zero-order valence-corrected chi connectivity index (χ0v) is 15.6. The monoisotopic (exact) mass is 394 g/mol. The molecule has 150 valence electrons. The minimum Gasteiger partial charge on any atom is -0.489 e. The minimum atomic E-state index is -4.44. The van der Waals surface area contributed by atoms with Gasteiger partial charge in [-0.2, -0.15) is 13.2 Å². The summed E-state index contributed by atoms with van der Waals surface area (Å²) in [5.74, 6) is -0.495. The number of likely N-dealkylation sites (tertiary alicyclic amines) is 1. The van der Waals surface area contributed by atoms with Crippen molar-refractivity contribution in [3.05, 3.63) is 58.4 Å². The number of hydrogen-bond donors (Lipinski definition) is 1. The third-order valence-corrected chi connectivity index (χ3v) is 4.89. The van der Waals surface area contributed by atoms with Crippen LogP contribution in [0.25, 0.3) is 0 Å². The van der Waals surface area contributed by atoms with E-state index in [4.69, 9.17) is 9.84 Å². The maximum absolute atomic E-state index is 12.8. The van der Waals surface area contributed by atoms with Gasteiger partial charge in [0.1, 0.15) is 12.4 Å². The first kappa shape index (κ1) is 20.1. The average molecular weight is 394 g/mol. The van der Waals surface area contributed by atoms with Crippen LogP contribution in [0.4, 0.5) is 13.2 Å². The first-order chi connectivity index (χ1) is 13.1. The molecule has 1 fully saturated rings. The normalized spacial score (nSPS) is 15.3. The first-order valence-corrected chi connectivity index (χ1v) is 8.82. The number of benzene rings is 1. The van der Waals surface area contributed by atoms with E-state index in [0.717, 1.165) is 29.0 Å². The number of aromatic nitrogens is 1. The Hall–Kier alpha value is -2.61.